The van der Waals surface area contributed by atoms with Crippen LogP contribution in [0.15, 0.2) is 36.5 Å². The Labute approximate surface area is 71.3 Å². The molecule has 1 N–H and O–H groups in total. The number of nitrogens with zero attached hydrogens (tertiary/aromatic N) is 1. The topological polar surface area (TPSA) is 28.7 Å². The van der Waals surface area contributed by atoms with Gasteiger partial charge in [-0.05, 0) is 5.56 Å². The van der Waals surface area contributed by atoms with Crippen LogP contribution in [0.1, 0.15) is 11.3 Å². The third-order valence-corrected chi connectivity index (χ3v) is 1.72. The standard InChI is InChI=1S/C10H9N2/c1-2-4-9(5-3-1)8-10-6-7-11-12-10/h1-5,7H,8H2,(H,11,12). The van der Waals surface area contributed by atoms with Crippen LogP contribution in [0.25, 0.3) is 0 Å². The van der Waals surface area contributed by atoms with Gasteiger partial charge in [-0.2, -0.15) is 5.10 Å². The van der Waals surface area contributed by atoms with E-state index in [4.69, 9.17) is 0 Å². The van der Waals surface area contributed by atoms with Gasteiger partial charge in [-0.3, -0.25) is 5.10 Å². The van der Waals surface area contributed by atoms with Crippen molar-refractivity contribution in [1.82, 2.24) is 10.2 Å². The maximum atomic E-state index is 4.03. The molecule has 2 nitrogen and oxygen atoms in total. The molecule has 2 rings (SSSR count). The van der Waals surface area contributed by atoms with Crippen molar-refractivity contribution in [3.63, 3.8) is 0 Å². The molecule has 0 fully saturated rings. The molecular weight excluding hydrogens is 148 g/mol. The molecule has 1 radical (unpaired) electrons. The summed E-state index contributed by atoms with van der Waals surface area (Å²) in [5.41, 5.74) is 2.22. The van der Waals surface area contributed by atoms with Gasteiger partial charge in [0.25, 0.3) is 0 Å². The summed E-state index contributed by atoms with van der Waals surface area (Å²) in [7, 11) is 0. The van der Waals surface area contributed by atoms with Gasteiger partial charge in [0, 0.05) is 18.7 Å². The third kappa shape index (κ3) is 1.53. The summed E-state index contributed by atoms with van der Waals surface area (Å²) in [6.45, 7) is 0. The van der Waals surface area contributed by atoms with Crippen LogP contribution in [0.2, 0.25) is 0 Å². The van der Waals surface area contributed by atoms with E-state index in [0.717, 1.165) is 12.1 Å². The van der Waals surface area contributed by atoms with Crippen molar-refractivity contribution in [2.75, 3.05) is 0 Å². The van der Waals surface area contributed by atoms with Gasteiger partial charge < -0.3 is 0 Å². The van der Waals surface area contributed by atoms with E-state index < -0.39 is 0 Å². The van der Waals surface area contributed by atoms with Crippen molar-refractivity contribution in [2.45, 2.75) is 6.42 Å². The smallest absolute Gasteiger partial charge is 0.0745 e. The first-order valence-electron chi connectivity index (χ1n) is 3.89. The first-order chi connectivity index (χ1) is 5.95. The SMILES string of the molecule is [c]1c[nH]nc1Cc1ccccc1. The summed E-state index contributed by atoms with van der Waals surface area (Å²) in [6, 6.07) is 13.3. The Kier molecular flexibility index (Phi) is 1.90. The Morgan fingerprint density at radius 2 is 2.08 bits per heavy atom. The molecule has 59 valence electrons. The van der Waals surface area contributed by atoms with E-state index >= 15 is 0 Å². The first-order valence-corrected chi connectivity index (χ1v) is 3.89. The first kappa shape index (κ1) is 7.10. The van der Waals surface area contributed by atoms with Gasteiger partial charge in [0.05, 0.1) is 5.69 Å². The van der Waals surface area contributed by atoms with E-state index in [1.165, 1.54) is 5.56 Å². The fraction of sp³-hybridized carbons (Fsp3) is 0.100. The minimum atomic E-state index is 0.852. The van der Waals surface area contributed by atoms with Crippen LogP contribution in [0.5, 0.6) is 0 Å². The Morgan fingerprint density at radius 1 is 1.25 bits per heavy atom. The molecule has 0 unspecified atom stereocenters. The Bertz CT molecular complexity index is 324. The number of nitrogens with one attached hydrogen (secondary N) is 1. The molecule has 0 bridgehead atoms. The van der Waals surface area contributed by atoms with Gasteiger partial charge >= 0.3 is 0 Å². The fourth-order valence-electron chi connectivity index (χ4n) is 1.14. The van der Waals surface area contributed by atoms with Gasteiger partial charge in [-0.25, -0.2) is 0 Å². The van der Waals surface area contributed by atoms with Crippen molar-refractivity contribution in [1.29, 1.82) is 0 Å². The van der Waals surface area contributed by atoms with Crippen molar-refractivity contribution in [3.05, 3.63) is 53.9 Å². The fourth-order valence-corrected chi connectivity index (χ4v) is 1.14. The molecule has 1 aromatic carbocycles. The number of rotatable bonds is 2. The van der Waals surface area contributed by atoms with Crippen molar-refractivity contribution in [3.8, 4) is 0 Å². The predicted octanol–water partition coefficient (Wildman–Crippen LogP) is 1.80. The molecule has 0 saturated carbocycles. The van der Waals surface area contributed by atoms with Crippen LogP contribution >= 0.6 is 0 Å². The maximum Gasteiger partial charge on any atom is 0.0745 e. The highest BCUT2D eigenvalue weighted by molar-refractivity contribution is 5.19. The molecule has 2 aromatic rings. The number of hydrogen-bond acceptors (Lipinski definition) is 1. The highest BCUT2D eigenvalue weighted by atomic mass is 15.1. The molecule has 0 saturated heterocycles. The number of hydrogen-bond donors (Lipinski definition) is 1. The predicted molar refractivity (Wildman–Crippen MR) is 46.7 cm³/mol. The average molecular weight is 157 g/mol. The quantitative estimate of drug-likeness (QED) is 0.707. The molecule has 0 amide bonds. The van der Waals surface area contributed by atoms with Crippen LogP contribution in [0, 0.1) is 6.07 Å². The number of aromatic amines is 1. The largest absolute Gasteiger partial charge is 0.285 e. The molecule has 2 heteroatoms. The molecule has 0 aliphatic rings. The summed E-state index contributed by atoms with van der Waals surface area (Å²) in [5, 5.41) is 6.78. The monoisotopic (exact) mass is 157 g/mol. The van der Waals surface area contributed by atoms with Crippen molar-refractivity contribution >= 4 is 0 Å². The summed E-state index contributed by atoms with van der Waals surface area (Å²) < 4.78 is 0. The lowest BCUT2D eigenvalue weighted by Crippen LogP contribution is -1.87. The molecule has 0 aliphatic heterocycles. The Hall–Kier alpha value is -1.57. The van der Waals surface area contributed by atoms with Crippen LogP contribution in [-0.4, -0.2) is 10.2 Å². The average Bonchev–Trinajstić information content (AvgIpc) is 2.59. The summed E-state index contributed by atoms with van der Waals surface area (Å²) in [6.07, 6.45) is 2.57. The van der Waals surface area contributed by atoms with Crippen LogP contribution < -0.4 is 0 Å². The van der Waals surface area contributed by atoms with E-state index in [1.807, 2.05) is 18.2 Å². The molecule has 1 heterocycles. The molecule has 0 atom stereocenters. The molecule has 0 spiro atoms. The normalized spacial score (nSPS) is 10.0. The van der Waals surface area contributed by atoms with Gasteiger partial charge in [-0.15, -0.1) is 0 Å². The highest BCUT2D eigenvalue weighted by Crippen LogP contribution is 2.04. The van der Waals surface area contributed by atoms with Gasteiger partial charge in [-0.1, -0.05) is 30.3 Å². The number of benzene rings is 1. The van der Waals surface area contributed by atoms with Crippen molar-refractivity contribution < 1.29 is 0 Å². The number of H-pyrrole nitrogens is 1. The summed E-state index contributed by atoms with van der Waals surface area (Å²) >= 11 is 0. The van der Waals surface area contributed by atoms with Crippen LogP contribution in [0.3, 0.4) is 0 Å². The van der Waals surface area contributed by atoms with Crippen LogP contribution in [-0.2, 0) is 6.42 Å². The van der Waals surface area contributed by atoms with E-state index in [1.54, 1.807) is 6.20 Å². The van der Waals surface area contributed by atoms with E-state index in [2.05, 4.69) is 28.4 Å². The van der Waals surface area contributed by atoms with Crippen LogP contribution in [0.4, 0.5) is 0 Å². The van der Waals surface area contributed by atoms with Gasteiger partial charge in [0.15, 0.2) is 0 Å². The summed E-state index contributed by atoms with van der Waals surface area (Å²) in [4.78, 5) is 0. The lowest BCUT2D eigenvalue weighted by Gasteiger charge is -1.94. The zero-order valence-corrected chi connectivity index (χ0v) is 6.62. The second kappa shape index (κ2) is 3.22. The second-order valence-electron chi connectivity index (χ2n) is 2.64. The minimum Gasteiger partial charge on any atom is -0.285 e. The zero-order chi connectivity index (χ0) is 8.23. The lowest BCUT2D eigenvalue weighted by atomic mass is 10.1. The number of aromatic nitrogens is 2. The molecule has 1 aromatic heterocycles. The molecular formula is C10H9N2. The van der Waals surface area contributed by atoms with Crippen molar-refractivity contribution in [2.24, 2.45) is 0 Å². The lowest BCUT2D eigenvalue weighted by molar-refractivity contribution is 0.996. The zero-order valence-electron chi connectivity index (χ0n) is 6.62. The maximum absolute atomic E-state index is 4.03. The van der Waals surface area contributed by atoms with E-state index in [0.29, 0.717) is 0 Å². The Balaban J connectivity index is 2.15. The Morgan fingerprint density at radius 3 is 2.75 bits per heavy atom. The highest BCUT2D eigenvalue weighted by Gasteiger charge is 1.95. The van der Waals surface area contributed by atoms with Gasteiger partial charge in [0.1, 0.15) is 0 Å². The summed E-state index contributed by atoms with van der Waals surface area (Å²) in [5.74, 6) is 0. The van der Waals surface area contributed by atoms with E-state index in [-0.39, 0.29) is 0 Å². The second-order valence-corrected chi connectivity index (χ2v) is 2.64. The molecule has 0 aliphatic carbocycles. The minimum absolute atomic E-state index is 0.852. The third-order valence-electron chi connectivity index (χ3n) is 1.72. The van der Waals surface area contributed by atoms with E-state index in [9.17, 15) is 0 Å². The van der Waals surface area contributed by atoms with Gasteiger partial charge in [0.2, 0.25) is 0 Å². The molecule has 12 heavy (non-hydrogen) atoms.